The van der Waals surface area contributed by atoms with E-state index in [1.165, 1.54) is 0 Å². The standard InChI is InChI=1S/C14H19F3O4/c1-2-19-9-8-13(14(15,16)17)10(9)20-12(21-11(13)18)6-4-3-5-7-12/h9-10H,2-8H2,1H3/t9-,10+,13+/m0/s1. The predicted molar refractivity (Wildman–Crippen MR) is 65.3 cm³/mol. The lowest BCUT2D eigenvalue weighted by Gasteiger charge is -2.59. The van der Waals surface area contributed by atoms with Gasteiger partial charge in [0, 0.05) is 25.9 Å². The van der Waals surface area contributed by atoms with Crippen LogP contribution < -0.4 is 0 Å². The average molecular weight is 308 g/mol. The zero-order valence-electron chi connectivity index (χ0n) is 11.9. The van der Waals surface area contributed by atoms with Crippen LogP contribution in [0.15, 0.2) is 0 Å². The van der Waals surface area contributed by atoms with Crippen molar-refractivity contribution in [1.82, 2.24) is 0 Å². The summed E-state index contributed by atoms with van der Waals surface area (Å²) in [7, 11) is 0. The van der Waals surface area contributed by atoms with Crippen LogP contribution in [-0.2, 0) is 19.0 Å². The molecule has 3 atom stereocenters. The van der Waals surface area contributed by atoms with Crippen molar-refractivity contribution in [3.8, 4) is 0 Å². The van der Waals surface area contributed by atoms with E-state index < -0.39 is 42.0 Å². The van der Waals surface area contributed by atoms with Gasteiger partial charge in [0.15, 0.2) is 5.41 Å². The highest BCUT2D eigenvalue weighted by Crippen LogP contribution is 2.60. The van der Waals surface area contributed by atoms with Gasteiger partial charge in [0.05, 0.1) is 6.10 Å². The van der Waals surface area contributed by atoms with Gasteiger partial charge in [-0.1, -0.05) is 6.42 Å². The third-order valence-corrected chi connectivity index (χ3v) is 4.83. The van der Waals surface area contributed by atoms with Crippen LogP contribution in [0.5, 0.6) is 0 Å². The van der Waals surface area contributed by atoms with Crippen LogP contribution in [0.2, 0.25) is 0 Å². The van der Waals surface area contributed by atoms with E-state index >= 15 is 0 Å². The van der Waals surface area contributed by atoms with Gasteiger partial charge < -0.3 is 14.2 Å². The molecule has 0 aromatic carbocycles. The molecule has 120 valence electrons. The van der Waals surface area contributed by atoms with Crippen LogP contribution in [0.1, 0.15) is 45.4 Å². The van der Waals surface area contributed by atoms with Gasteiger partial charge in [0.25, 0.3) is 0 Å². The smallest absolute Gasteiger partial charge is 0.407 e. The van der Waals surface area contributed by atoms with Crippen molar-refractivity contribution in [2.75, 3.05) is 6.61 Å². The summed E-state index contributed by atoms with van der Waals surface area (Å²) in [6, 6.07) is 0. The minimum absolute atomic E-state index is 0.292. The van der Waals surface area contributed by atoms with Gasteiger partial charge in [-0.15, -0.1) is 0 Å². The lowest BCUT2D eigenvalue weighted by atomic mass is 9.62. The molecule has 0 unspecified atom stereocenters. The Balaban J connectivity index is 1.89. The number of hydrogen-bond donors (Lipinski definition) is 0. The highest BCUT2D eigenvalue weighted by Gasteiger charge is 2.79. The van der Waals surface area contributed by atoms with E-state index in [0.29, 0.717) is 19.4 Å². The molecule has 0 amide bonds. The van der Waals surface area contributed by atoms with E-state index in [1.807, 2.05) is 0 Å². The van der Waals surface area contributed by atoms with Gasteiger partial charge in [0.1, 0.15) is 6.10 Å². The van der Waals surface area contributed by atoms with Crippen molar-refractivity contribution >= 4 is 5.97 Å². The summed E-state index contributed by atoms with van der Waals surface area (Å²) >= 11 is 0. The summed E-state index contributed by atoms with van der Waals surface area (Å²) in [5, 5.41) is 0. The number of hydrogen-bond acceptors (Lipinski definition) is 4. The van der Waals surface area contributed by atoms with Crippen LogP contribution >= 0.6 is 0 Å². The molecule has 1 spiro atoms. The Morgan fingerprint density at radius 1 is 1.29 bits per heavy atom. The molecule has 0 radical (unpaired) electrons. The van der Waals surface area contributed by atoms with E-state index in [-0.39, 0.29) is 0 Å². The fourth-order valence-electron chi connectivity index (χ4n) is 3.65. The Hall–Kier alpha value is -0.820. The number of halogens is 3. The highest BCUT2D eigenvalue weighted by atomic mass is 19.4. The van der Waals surface area contributed by atoms with Crippen molar-refractivity contribution in [1.29, 1.82) is 0 Å². The number of rotatable bonds is 2. The maximum absolute atomic E-state index is 13.4. The van der Waals surface area contributed by atoms with Gasteiger partial charge in [-0.2, -0.15) is 13.2 Å². The van der Waals surface area contributed by atoms with Crippen molar-refractivity contribution in [3.63, 3.8) is 0 Å². The third-order valence-electron chi connectivity index (χ3n) is 4.83. The third kappa shape index (κ3) is 2.08. The molecule has 1 aliphatic heterocycles. The van der Waals surface area contributed by atoms with Crippen LogP contribution in [0.4, 0.5) is 13.2 Å². The lowest BCUT2D eigenvalue weighted by Crippen LogP contribution is -2.74. The Bertz CT molecular complexity index is 430. The van der Waals surface area contributed by atoms with Crippen molar-refractivity contribution in [3.05, 3.63) is 0 Å². The second-order valence-corrected chi connectivity index (χ2v) is 6.07. The van der Waals surface area contributed by atoms with E-state index in [0.717, 1.165) is 19.3 Å². The number of esters is 1. The molecule has 3 aliphatic rings. The molecule has 0 aromatic rings. The summed E-state index contributed by atoms with van der Waals surface area (Å²) in [4.78, 5) is 12.2. The number of carbonyl (C=O) groups is 1. The SMILES string of the molecule is CCO[C@H]1C[C@]2(C(F)(F)F)C(=O)OC3(CCCCC3)O[C@H]12. The first-order chi connectivity index (χ1) is 9.85. The topological polar surface area (TPSA) is 44.8 Å². The first-order valence-electron chi connectivity index (χ1n) is 7.44. The van der Waals surface area contributed by atoms with Crippen LogP contribution in [0.25, 0.3) is 0 Å². The van der Waals surface area contributed by atoms with Crippen molar-refractivity contribution in [2.45, 2.75) is 69.6 Å². The second-order valence-electron chi connectivity index (χ2n) is 6.07. The van der Waals surface area contributed by atoms with Crippen molar-refractivity contribution < 1.29 is 32.2 Å². The molecule has 2 aliphatic carbocycles. The summed E-state index contributed by atoms with van der Waals surface area (Å²) in [6.07, 6.45) is -3.59. The summed E-state index contributed by atoms with van der Waals surface area (Å²) in [5.74, 6) is -2.37. The molecule has 4 nitrogen and oxygen atoms in total. The van der Waals surface area contributed by atoms with Crippen molar-refractivity contribution in [2.24, 2.45) is 5.41 Å². The largest absolute Gasteiger partial charge is 0.432 e. The van der Waals surface area contributed by atoms with Gasteiger partial charge in [0.2, 0.25) is 5.79 Å². The van der Waals surface area contributed by atoms with Gasteiger partial charge >= 0.3 is 12.1 Å². The lowest BCUT2D eigenvalue weighted by molar-refractivity contribution is -0.405. The first-order valence-corrected chi connectivity index (χ1v) is 7.44. The monoisotopic (exact) mass is 308 g/mol. The zero-order chi connectivity index (χ0) is 15.3. The molecule has 3 fully saturated rings. The molecular formula is C14H19F3O4. The second kappa shape index (κ2) is 4.84. The fourth-order valence-corrected chi connectivity index (χ4v) is 3.65. The molecule has 7 heteroatoms. The normalized spacial score (nSPS) is 38.6. The van der Waals surface area contributed by atoms with E-state index in [1.54, 1.807) is 6.92 Å². The Labute approximate surface area is 120 Å². The van der Waals surface area contributed by atoms with Gasteiger partial charge in [-0.05, 0) is 19.8 Å². The molecule has 2 saturated carbocycles. The number of ether oxygens (including phenoxy) is 3. The number of fused-ring (bicyclic) bond motifs is 1. The van der Waals surface area contributed by atoms with Crippen LogP contribution in [0, 0.1) is 5.41 Å². The summed E-state index contributed by atoms with van der Waals surface area (Å²) in [5.41, 5.74) is -2.55. The summed E-state index contributed by atoms with van der Waals surface area (Å²) in [6.45, 7) is 2.01. The van der Waals surface area contributed by atoms with E-state index in [2.05, 4.69) is 0 Å². The molecular weight excluding hydrogens is 289 g/mol. The Morgan fingerprint density at radius 2 is 1.95 bits per heavy atom. The van der Waals surface area contributed by atoms with Crippen LogP contribution in [-0.4, -0.2) is 36.7 Å². The quantitative estimate of drug-likeness (QED) is 0.736. The molecule has 1 saturated heterocycles. The van der Waals surface area contributed by atoms with E-state index in [4.69, 9.17) is 14.2 Å². The summed E-state index contributed by atoms with van der Waals surface area (Å²) < 4.78 is 56.4. The maximum atomic E-state index is 13.4. The minimum atomic E-state index is -4.68. The average Bonchev–Trinajstić information content (AvgIpc) is 2.39. The number of alkyl halides is 3. The van der Waals surface area contributed by atoms with Gasteiger partial charge in [-0.3, -0.25) is 4.79 Å². The fraction of sp³-hybridized carbons (Fsp3) is 0.929. The predicted octanol–water partition coefficient (Wildman–Crippen LogP) is 2.95. The molecule has 0 N–H and O–H groups in total. The number of carbonyl (C=O) groups excluding carboxylic acids is 1. The molecule has 0 aromatic heterocycles. The highest BCUT2D eigenvalue weighted by molar-refractivity contribution is 5.81. The Morgan fingerprint density at radius 3 is 2.52 bits per heavy atom. The van der Waals surface area contributed by atoms with Crippen LogP contribution in [0.3, 0.4) is 0 Å². The molecule has 1 heterocycles. The first kappa shape index (κ1) is 15.1. The zero-order valence-corrected chi connectivity index (χ0v) is 11.9. The van der Waals surface area contributed by atoms with Gasteiger partial charge in [-0.25, -0.2) is 0 Å². The molecule has 0 bridgehead atoms. The molecule has 3 rings (SSSR count). The maximum Gasteiger partial charge on any atom is 0.407 e. The minimum Gasteiger partial charge on any atom is -0.432 e. The Kier molecular flexibility index (Phi) is 3.48. The molecule has 21 heavy (non-hydrogen) atoms. The van der Waals surface area contributed by atoms with E-state index in [9.17, 15) is 18.0 Å².